The van der Waals surface area contributed by atoms with E-state index in [2.05, 4.69) is 54.5 Å². The second-order valence-electron chi connectivity index (χ2n) is 5.78. The number of nitrogens with zero attached hydrogens (tertiary/aromatic N) is 3. The van der Waals surface area contributed by atoms with Gasteiger partial charge in [-0.2, -0.15) is 0 Å². The van der Waals surface area contributed by atoms with Crippen LogP contribution in [-0.4, -0.2) is 41.2 Å². The molecule has 1 N–H and O–H groups in total. The fourth-order valence-corrected chi connectivity index (χ4v) is 2.71. The molecule has 0 saturated heterocycles. The average Bonchev–Trinajstić information content (AvgIpc) is 2.72. The van der Waals surface area contributed by atoms with Gasteiger partial charge >= 0.3 is 0 Å². The molecule has 0 amide bonds. The second-order valence-corrected chi connectivity index (χ2v) is 6.62. The van der Waals surface area contributed by atoms with E-state index in [4.69, 9.17) is 0 Å². The van der Waals surface area contributed by atoms with Gasteiger partial charge in [-0.15, -0.1) is 5.10 Å². The Kier molecular flexibility index (Phi) is 6.18. The van der Waals surface area contributed by atoms with Crippen molar-refractivity contribution in [1.29, 1.82) is 0 Å². The van der Waals surface area contributed by atoms with E-state index < -0.39 is 0 Å². The molecule has 0 aliphatic heterocycles. The molecule has 4 nitrogen and oxygen atoms in total. The highest BCUT2D eigenvalue weighted by atomic mass is 32.1. The zero-order chi connectivity index (χ0) is 13.6. The van der Waals surface area contributed by atoms with Crippen LogP contribution in [0, 0.1) is 0 Å². The summed E-state index contributed by atoms with van der Waals surface area (Å²) < 4.78 is 4.10. The first kappa shape index (κ1) is 15.5. The zero-order valence-corrected chi connectivity index (χ0v) is 13.1. The number of aromatic nitrogens is 2. The van der Waals surface area contributed by atoms with Crippen LogP contribution in [0.2, 0.25) is 0 Å². The first-order chi connectivity index (χ1) is 8.45. The minimum atomic E-state index is 0.0869. The predicted octanol–water partition coefficient (Wildman–Crippen LogP) is 2.27. The van der Waals surface area contributed by atoms with Gasteiger partial charge in [-0.1, -0.05) is 32.2 Å². The van der Waals surface area contributed by atoms with E-state index in [-0.39, 0.29) is 5.41 Å². The Balaban J connectivity index is 2.45. The van der Waals surface area contributed by atoms with Crippen molar-refractivity contribution in [2.75, 3.05) is 26.7 Å². The standard InChI is InChI=1S/C13H26N4S/c1-6-7-14-8-9-17(5)10-11-12(13(2,3)4)15-16-18-11/h14H,6-10H2,1-5H3. The Bertz CT molecular complexity index is 343. The number of rotatable bonds is 7. The lowest BCUT2D eigenvalue weighted by atomic mass is 9.91. The largest absolute Gasteiger partial charge is 0.315 e. The average molecular weight is 270 g/mol. The summed E-state index contributed by atoms with van der Waals surface area (Å²) in [6.45, 7) is 12.9. The van der Waals surface area contributed by atoms with Gasteiger partial charge in [-0.3, -0.25) is 4.90 Å². The third kappa shape index (κ3) is 5.00. The van der Waals surface area contributed by atoms with Crippen molar-refractivity contribution in [2.45, 2.75) is 46.1 Å². The third-order valence-corrected chi connectivity index (χ3v) is 3.48. The van der Waals surface area contributed by atoms with Gasteiger partial charge in [-0.05, 0) is 31.5 Å². The van der Waals surface area contributed by atoms with Crippen molar-refractivity contribution in [2.24, 2.45) is 0 Å². The summed E-state index contributed by atoms with van der Waals surface area (Å²) in [6.07, 6.45) is 1.19. The maximum Gasteiger partial charge on any atom is 0.0854 e. The third-order valence-electron chi connectivity index (χ3n) is 2.78. The Hall–Kier alpha value is -0.520. The molecule has 0 bridgehead atoms. The highest BCUT2D eigenvalue weighted by Gasteiger charge is 2.22. The summed E-state index contributed by atoms with van der Waals surface area (Å²) in [7, 11) is 2.15. The van der Waals surface area contributed by atoms with Crippen LogP contribution in [0.15, 0.2) is 0 Å². The van der Waals surface area contributed by atoms with Crippen molar-refractivity contribution in [3.05, 3.63) is 10.6 Å². The van der Waals surface area contributed by atoms with Gasteiger partial charge < -0.3 is 5.32 Å². The Morgan fingerprint density at radius 3 is 2.61 bits per heavy atom. The highest BCUT2D eigenvalue weighted by molar-refractivity contribution is 7.05. The molecular weight excluding hydrogens is 244 g/mol. The predicted molar refractivity (Wildman–Crippen MR) is 78.1 cm³/mol. The molecule has 1 heterocycles. The van der Waals surface area contributed by atoms with Crippen molar-refractivity contribution in [3.8, 4) is 0 Å². The first-order valence-electron chi connectivity index (χ1n) is 6.66. The van der Waals surface area contributed by atoms with Crippen molar-refractivity contribution in [1.82, 2.24) is 19.8 Å². The smallest absolute Gasteiger partial charge is 0.0854 e. The molecule has 0 saturated carbocycles. The Morgan fingerprint density at radius 1 is 1.28 bits per heavy atom. The summed E-state index contributed by atoms with van der Waals surface area (Å²) in [5.41, 5.74) is 1.23. The number of likely N-dealkylation sites (N-methyl/N-ethyl adjacent to an activating group) is 1. The molecule has 0 radical (unpaired) electrons. The van der Waals surface area contributed by atoms with Crippen molar-refractivity contribution >= 4 is 11.5 Å². The van der Waals surface area contributed by atoms with Crippen molar-refractivity contribution < 1.29 is 0 Å². The van der Waals surface area contributed by atoms with Gasteiger partial charge in [0.15, 0.2) is 0 Å². The molecule has 18 heavy (non-hydrogen) atoms. The van der Waals surface area contributed by atoms with Crippen LogP contribution in [0.5, 0.6) is 0 Å². The van der Waals surface area contributed by atoms with E-state index in [1.165, 1.54) is 22.8 Å². The monoisotopic (exact) mass is 270 g/mol. The minimum Gasteiger partial charge on any atom is -0.315 e. The molecule has 5 heteroatoms. The molecule has 0 fully saturated rings. The van der Waals surface area contributed by atoms with Crippen LogP contribution in [0.4, 0.5) is 0 Å². The van der Waals surface area contributed by atoms with Gasteiger partial charge in [0.2, 0.25) is 0 Å². The van der Waals surface area contributed by atoms with Crippen molar-refractivity contribution in [3.63, 3.8) is 0 Å². The lowest BCUT2D eigenvalue weighted by Gasteiger charge is -2.20. The van der Waals surface area contributed by atoms with E-state index >= 15 is 0 Å². The van der Waals surface area contributed by atoms with Crippen LogP contribution in [0.3, 0.4) is 0 Å². The highest BCUT2D eigenvalue weighted by Crippen LogP contribution is 2.26. The zero-order valence-electron chi connectivity index (χ0n) is 12.3. The van der Waals surface area contributed by atoms with E-state index in [0.29, 0.717) is 0 Å². The maximum absolute atomic E-state index is 4.28. The second kappa shape index (κ2) is 7.16. The molecule has 0 atom stereocenters. The molecule has 1 aromatic heterocycles. The van der Waals surface area contributed by atoms with Gasteiger partial charge in [0.05, 0.1) is 10.6 Å². The fourth-order valence-electron chi connectivity index (χ4n) is 1.78. The SMILES string of the molecule is CCCNCCN(C)Cc1snnc1C(C)(C)C. The number of hydrogen-bond donors (Lipinski definition) is 1. The van der Waals surface area contributed by atoms with Crippen LogP contribution < -0.4 is 5.32 Å². The molecular formula is C13H26N4S. The maximum atomic E-state index is 4.28. The summed E-state index contributed by atoms with van der Waals surface area (Å²) >= 11 is 1.53. The molecule has 0 spiro atoms. The molecule has 1 aromatic rings. The van der Waals surface area contributed by atoms with E-state index in [1.54, 1.807) is 0 Å². The summed E-state index contributed by atoms with van der Waals surface area (Å²) in [5, 5.41) is 7.70. The van der Waals surface area contributed by atoms with Gasteiger partial charge in [-0.25, -0.2) is 0 Å². The normalized spacial score (nSPS) is 12.3. The van der Waals surface area contributed by atoms with E-state index in [1.807, 2.05) is 0 Å². The quantitative estimate of drug-likeness (QED) is 0.772. The first-order valence-corrected chi connectivity index (χ1v) is 7.43. The van der Waals surface area contributed by atoms with Crippen LogP contribution in [0.1, 0.15) is 44.7 Å². The Morgan fingerprint density at radius 2 is 2.00 bits per heavy atom. The van der Waals surface area contributed by atoms with Gasteiger partial charge in [0, 0.05) is 25.0 Å². The number of hydrogen-bond acceptors (Lipinski definition) is 5. The number of nitrogens with one attached hydrogen (secondary N) is 1. The molecule has 0 aromatic carbocycles. The van der Waals surface area contributed by atoms with Crippen LogP contribution in [-0.2, 0) is 12.0 Å². The summed E-state index contributed by atoms with van der Waals surface area (Å²) in [5.74, 6) is 0. The molecule has 104 valence electrons. The van der Waals surface area contributed by atoms with E-state index in [9.17, 15) is 0 Å². The summed E-state index contributed by atoms with van der Waals surface area (Å²) in [4.78, 5) is 3.62. The topological polar surface area (TPSA) is 41.0 Å². The molecule has 0 aliphatic rings. The molecule has 1 rings (SSSR count). The van der Waals surface area contributed by atoms with E-state index in [0.717, 1.165) is 31.9 Å². The van der Waals surface area contributed by atoms with Gasteiger partial charge in [0.25, 0.3) is 0 Å². The van der Waals surface area contributed by atoms with Crippen LogP contribution >= 0.6 is 11.5 Å². The molecule has 0 unspecified atom stereocenters. The minimum absolute atomic E-state index is 0.0869. The fraction of sp³-hybridized carbons (Fsp3) is 0.846. The van der Waals surface area contributed by atoms with Gasteiger partial charge in [0.1, 0.15) is 0 Å². The molecule has 0 aliphatic carbocycles. The summed E-state index contributed by atoms with van der Waals surface area (Å²) in [6, 6.07) is 0. The lowest BCUT2D eigenvalue weighted by molar-refractivity contribution is 0.324. The van der Waals surface area contributed by atoms with Crippen LogP contribution in [0.25, 0.3) is 0 Å². The lowest BCUT2D eigenvalue weighted by Crippen LogP contribution is -2.29. The Labute approximate surface area is 115 Å².